The monoisotopic (exact) mass is 427 g/mol. The summed E-state index contributed by atoms with van der Waals surface area (Å²) in [4.78, 5) is 14.8. The summed E-state index contributed by atoms with van der Waals surface area (Å²) in [7, 11) is 0. The summed E-state index contributed by atoms with van der Waals surface area (Å²) in [5, 5.41) is 7.10. The molecule has 166 valence electrons. The number of benzene rings is 3. The average Bonchev–Trinajstić information content (AvgIpc) is 3.34. The number of aryl methyl sites for hydroxylation is 2. The minimum absolute atomic E-state index is 0.0146. The highest BCUT2D eigenvalue weighted by molar-refractivity contribution is 5.74. The summed E-state index contributed by atoms with van der Waals surface area (Å²) in [5.74, 6) is 0. The van der Waals surface area contributed by atoms with E-state index in [9.17, 15) is 4.79 Å². The maximum atomic E-state index is 12.4. The highest BCUT2D eigenvalue weighted by Crippen LogP contribution is 2.31. The van der Waals surface area contributed by atoms with E-state index in [2.05, 4.69) is 84.0 Å². The third-order valence-corrected chi connectivity index (χ3v) is 6.29. The zero-order chi connectivity index (χ0) is 22.3. The van der Waals surface area contributed by atoms with Gasteiger partial charge in [-0.3, -0.25) is 4.90 Å². The first-order chi connectivity index (χ1) is 15.6. The van der Waals surface area contributed by atoms with E-state index in [-0.39, 0.29) is 12.1 Å². The molecule has 0 radical (unpaired) electrons. The molecule has 4 rings (SSSR count). The zero-order valence-corrected chi connectivity index (χ0v) is 19.1. The molecule has 3 aromatic rings. The van der Waals surface area contributed by atoms with E-state index < -0.39 is 0 Å². The van der Waals surface area contributed by atoms with Crippen LogP contribution in [-0.4, -0.2) is 30.3 Å². The minimum atomic E-state index is -0.335. The van der Waals surface area contributed by atoms with E-state index in [0.29, 0.717) is 0 Å². The van der Waals surface area contributed by atoms with Gasteiger partial charge in [-0.05, 0) is 63.0 Å². The largest absolute Gasteiger partial charge is 0.379 e. The number of carbonyl (C=O) groups excluding carboxylic acids is 1. The number of hydrogen-bond donors (Lipinski definition) is 2. The van der Waals surface area contributed by atoms with Gasteiger partial charge in [0.2, 0.25) is 0 Å². The number of aldehydes is 1. The summed E-state index contributed by atoms with van der Waals surface area (Å²) >= 11 is 0. The van der Waals surface area contributed by atoms with Crippen LogP contribution in [0, 0.1) is 13.8 Å². The Balaban J connectivity index is 1.55. The van der Waals surface area contributed by atoms with Crippen LogP contribution in [0.2, 0.25) is 0 Å². The Kier molecular flexibility index (Phi) is 7.23. The second-order valence-electron chi connectivity index (χ2n) is 8.79. The predicted molar refractivity (Wildman–Crippen MR) is 133 cm³/mol. The summed E-state index contributed by atoms with van der Waals surface area (Å²) in [6.07, 6.45) is 3.44. The lowest BCUT2D eigenvalue weighted by Gasteiger charge is -2.33. The SMILES string of the molecule is Cc1ccc(CNc2ccccc2NC(C=O)C(c2ccc(C)cc2)N2CCCC2)cc1. The Bertz CT molecular complexity index is 1010. The van der Waals surface area contributed by atoms with Gasteiger partial charge in [0.25, 0.3) is 0 Å². The minimum Gasteiger partial charge on any atom is -0.379 e. The van der Waals surface area contributed by atoms with Gasteiger partial charge in [-0.1, -0.05) is 71.8 Å². The maximum Gasteiger partial charge on any atom is 0.144 e. The third-order valence-electron chi connectivity index (χ3n) is 6.29. The van der Waals surface area contributed by atoms with E-state index in [1.54, 1.807) is 0 Å². The first-order valence-corrected chi connectivity index (χ1v) is 11.5. The Morgan fingerprint density at radius 3 is 2.06 bits per heavy atom. The molecule has 0 aliphatic carbocycles. The van der Waals surface area contributed by atoms with Crippen LogP contribution in [0.5, 0.6) is 0 Å². The molecule has 0 aromatic heterocycles. The number of hydrogen-bond acceptors (Lipinski definition) is 4. The summed E-state index contributed by atoms with van der Waals surface area (Å²) in [6, 6.07) is 25.0. The molecule has 1 heterocycles. The van der Waals surface area contributed by atoms with Crippen molar-refractivity contribution in [3.05, 3.63) is 95.1 Å². The lowest BCUT2D eigenvalue weighted by molar-refractivity contribution is -0.109. The highest BCUT2D eigenvalue weighted by atomic mass is 16.1. The molecule has 3 aromatic carbocycles. The fourth-order valence-electron chi connectivity index (χ4n) is 4.46. The van der Waals surface area contributed by atoms with Gasteiger partial charge in [-0.25, -0.2) is 0 Å². The van der Waals surface area contributed by atoms with Crippen molar-refractivity contribution in [2.24, 2.45) is 0 Å². The van der Waals surface area contributed by atoms with Crippen LogP contribution in [0.1, 0.15) is 41.1 Å². The van der Waals surface area contributed by atoms with Crippen LogP contribution in [-0.2, 0) is 11.3 Å². The number of para-hydroxylation sites is 2. The summed E-state index contributed by atoms with van der Waals surface area (Å²) in [5.41, 5.74) is 6.86. The predicted octanol–water partition coefficient (Wildman–Crippen LogP) is 5.73. The molecule has 2 unspecified atom stereocenters. The molecule has 0 amide bonds. The van der Waals surface area contributed by atoms with E-state index in [4.69, 9.17) is 0 Å². The van der Waals surface area contributed by atoms with Crippen molar-refractivity contribution in [3.8, 4) is 0 Å². The molecule has 2 N–H and O–H groups in total. The molecular weight excluding hydrogens is 394 g/mol. The molecule has 0 spiro atoms. The Labute approximate surface area is 191 Å². The first kappa shape index (κ1) is 22.1. The molecule has 0 bridgehead atoms. The van der Waals surface area contributed by atoms with Crippen LogP contribution >= 0.6 is 0 Å². The number of rotatable bonds is 9. The van der Waals surface area contributed by atoms with Crippen LogP contribution in [0.25, 0.3) is 0 Å². The molecule has 1 saturated heterocycles. The van der Waals surface area contributed by atoms with Crippen molar-refractivity contribution >= 4 is 17.7 Å². The summed E-state index contributed by atoms with van der Waals surface area (Å²) < 4.78 is 0. The zero-order valence-electron chi connectivity index (χ0n) is 19.1. The van der Waals surface area contributed by atoms with E-state index in [1.165, 1.54) is 35.1 Å². The van der Waals surface area contributed by atoms with Gasteiger partial charge in [0.05, 0.1) is 17.4 Å². The van der Waals surface area contributed by atoms with E-state index in [1.807, 2.05) is 18.2 Å². The first-order valence-electron chi connectivity index (χ1n) is 11.5. The van der Waals surface area contributed by atoms with Gasteiger partial charge >= 0.3 is 0 Å². The molecule has 32 heavy (non-hydrogen) atoms. The van der Waals surface area contributed by atoms with Crippen molar-refractivity contribution in [2.75, 3.05) is 23.7 Å². The number of likely N-dealkylation sites (tertiary alicyclic amines) is 1. The van der Waals surface area contributed by atoms with Crippen LogP contribution < -0.4 is 10.6 Å². The molecule has 2 atom stereocenters. The normalized spacial score (nSPS) is 15.8. The average molecular weight is 428 g/mol. The van der Waals surface area contributed by atoms with E-state index >= 15 is 0 Å². The lowest BCUT2D eigenvalue weighted by atomic mass is 9.97. The quantitative estimate of drug-likeness (QED) is 0.428. The topological polar surface area (TPSA) is 44.4 Å². The van der Waals surface area contributed by atoms with Crippen molar-refractivity contribution in [1.29, 1.82) is 0 Å². The molecule has 1 aliphatic rings. The molecular formula is C28H33N3O. The molecule has 4 nitrogen and oxygen atoms in total. The highest BCUT2D eigenvalue weighted by Gasteiger charge is 2.31. The van der Waals surface area contributed by atoms with Gasteiger partial charge in [-0.2, -0.15) is 0 Å². The second-order valence-corrected chi connectivity index (χ2v) is 8.79. The van der Waals surface area contributed by atoms with Crippen molar-refractivity contribution in [3.63, 3.8) is 0 Å². The van der Waals surface area contributed by atoms with Gasteiger partial charge in [0.1, 0.15) is 12.3 Å². The molecule has 4 heteroatoms. The fraction of sp³-hybridized carbons (Fsp3) is 0.321. The number of anilines is 2. The third kappa shape index (κ3) is 5.38. The Morgan fingerprint density at radius 1 is 0.844 bits per heavy atom. The van der Waals surface area contributed by atoms with Crippen LogP contribution in [0.15, 0.2) is 72.8 Å². The number of carbonyl (C=O) groups is 1. The molecule has 1 fully saturated rings. The van der Waals surface area contributed by atoms with Crippen molar-refractivity contribution in [1.82, 2.24) is 4.90 Å². The second kappa shape index (κ2) is 10.5. The van der Waals surface area contributed by atoms with Crippen LogP contribution in [0.4, 0.5) is 11.4 Å². The van der Waals surface area contributed by atoms with Crippen molar-refractivity contribution < 1.29 is 4.79 Å². The molecule has 0 saturated carbocycles. The molecule has 1 aliphatic heterocycles. The smallest absolute Gasteiger partial charge is 0.144 e. The van der Waals surface area contributed by atoms with E-state index in [0.717, 1.165) is 37.3 Å². The van der Waals surface area contributed by atoms with Gasteiger partial charge in [0.15, 0.2) is 0 Å². The van der Waals surface area contributed by atoms with Gasteiger partial charge in [-0.15, -0.1) is 0 Å². The maximum absolute atomic E-state index is 12.4. The Morgan fingerprint density at radius 2 is 1.44 bits per heavy atom. The van der Waals surface area contributed by atoms with Gasteiger partial charge < -0.3 is 15.4 Å². The number of nitrogens with zero attached hydrogens (tertiary/aromatic N) is 1. The standard InChI is InChI=1S/C28H33N3O/c1-21-9-13-23(14-10-21)19-29-25-7-3-4-8-26(25)30-27(20-32)28(31-17-5-6-18-31)24-15-11-22(2)12-16-24/h3-4,7-16,20,27-30H,5-6,17-19H2,1-2H3. The Hall–Kier alpha value is -3.11. The lowest BCUT2D eigenvalue weighted by Crippen LogP contribution is -2.40. The van der Waals surface area contributed by atoms with Gasteiger partial charge in [0, 0.05) is 6.54 Å². The van der Waals surface area contributed by atoms with Crippen molar-refractivity contribution in [2.45, 2.75) is 45.3 Å². The fourth-order valence-corrected chi connectivity index (χ4v) is 4.46. The summed E-state index contributed by atoms with van der Waals surface area (Å²) in [6.45, 7) is 6.98. The van der Waals surface area contributed by atoms with Crippen LogP contribution in [0.3, 0.4) is 0 Å². The number of nitrogens with one attached hydrogen (secondary N) is 2.